The Hall–Kier alpha value is -1.12. The van der Waals surface area contributed by atoms with E-state index in [1.807, 2.05) is 6.92 Å². The molecule has 1 aromatic rings. The molecule has 1 aliphatic heterocycles. The van der Waals surface area contributed by atoms with Crippen LogP contribution in [0.1, 0.15) is 6.92 Å². The van der Waals surface area contributed by atoms with Gasteiger partial charge in [0, 0.05) is 42.1 Å². The Labute approximate surface area is 119 Å². The van der Waals surface area contributed by atoms with Gasteiger partial charge in [-0.15, -0.1) is 0 Å². The average Bonchev–Trinajstić information content (AvgIpc) is 2.40. The quantitative estimate of drug-likeness (QED) is 0.744. The lowest BCUT2D eigenvalue weighted by atomic mass is 10.3. The molecular formula is C11H15IN4O2. The highest BCUT2D eigenvalue weighted by atomic mass is 127. The van der Waals surface area contributed by atoms with Crippen molar-refractivity contribution in [3.05, 3.63) is 16.0 Å². The van der Waals surface area contributed by atoms with Gasteiger partial charge in [0.1, 0.15) is 0 Å². The zero-order valence-corrected chi connectivity index (χ0v) is 12.3. The van der Waals surface area contributed by atoms with Crippen LogP contribution in [0.5, 0.6) is 0 Å². The average molecular weight is 362 g/mol. The molecule has 1 fully saturated rings. The van der Waals surface area contributed by atoms with E-state index in [-0.39, 0.29) is 6.09 Å². The van der Waals surface area contributed by atoms with Gasteiger partial charge in [-0.3, -0.25) is 0 Å². The van der Waals surface area contributed by atoms with Crippen molar-refractivity contribution in [2.24, 2.45) is 0 Å². The van der Waals surface area contributed by atoms with Crippen molar-refractivity contribution in [3.63, 3.8) is 0 Å². The van der Waals surface area contributed by atoms with E-state index in [1.165, 1.54) is 0 Å². The standard InChI is InChI=1S/C11H15IN4O2/c1-2-18-11(17)16-5-3-15(4-6-16)10-13-7-9(12)8-14-10/h7-8H,2-6H2,1H3. The Morgan fingerprint density at radius 3 is 2.50 bits per heavy atom. The van der Waals surface area contributed by atoms with Gasteiger partial charge in [-0.05, 0) is 29.5 Å². The number of halogens is 1. The maximum absolute atomic E-state index is 11.5. The Morgan fingerprint density at radius 2 is 1.94 bits per heavy atom. The summed E-state index contributed by atoms with van der Waals surface area (Å²) in [6.07, 6.45) is 3.35. The third-order valence-corrected chi connectivity index (χ3v) is 3.25. The van der Waals surface area contributed by atoms with Crippen LogP contribution in [0.25, 0.3) is 0 Å². The lowest BCUT2D eigenvalue weighted by molar-refractivity contribution is 0.105. The van der Waals surface area contributed by atoms with E-state index < -0.39 is 0 Å². The van der Waals surface area contributed by atoms with E-state index in [0.717, 1.165) is 22.6 Å². The Bertz CT molecular complexity index is 404. The number of amides is 1. The van der Waals surface area contributed by atoms with Gasteiger partial charge in [0.15, 0.2) is 0 Å². The van der Waals surface area contributed by atoms with Crippen molar-refractivity contribution >= 4 is 34.6 Å². The van der Waals surface area contributed by atoms with Crippen molar-refractivity contribution < 1.29 is 9.53 Å². The third-order valence-electron chi connectivity index (χ3n) is 2.70. The number of hydrogen-bond acceptors (Lipinski definition) is 5. The SMILES string of the molecule is CCOC(=O)N1CCN(c2ncc(I)cn2)CC1. The molecule has 0 N–H and O–H groups in total. The predicted octanol–water partition coefficient (Wildman–Crippen LogP) is 1.36. The fourth-order valence-electron chi connectivity index (χ4n) is 1.77. The van der Waals surface area contributed by atoms with E-state index >= 15 is 0 Å². The van der Waals surface area contributed by atoms with Gasteiger partial charge >= 0.3 is 6.09 Å². The van der Waals surface area contributed by atoms with Crippen LogP contribution >= 0.6 is 22.6 Å². The minimum absolute atomic E-state index is 0.235. The molecule has 98 valence electrons. The van der Waals surface area contributed by atoms with E-state index in [1.54, 1.807) is 17.3 Å². The molecule has 0 aliphatic carbocycles. The third kappa shape index (κ3) is 3.21. The number of anilines is 1. The van der Waals surface area contributed by atoms with Crippen molar-refractivity contribution in [2.75, 3.05) is 37.7 Å². The number of piperazine rings is 1. The number of rotatable bonds is 2. The molecule has 1 amide bonds. The van der Waals surface area contributed by atoms with Gasteiger partial charge in [-0.1, -0.05) is 0 Å². The largest absolute Gasteiger partial charge is 0.450 e. The molecule has 0 aromatic carbocycles. The summed E-state index contributed by atoms with van der Waals surface area (Å²) in [6, 6.07) is 0. The summed E-state index contributed by atoms with van der Waals surface area (Å²) in [5.41, 5.74) is 0. The first kappa shape index (κ1) is 13.3. The summed E-state index contributed by atoms with van der Waals surface area (Å²) in [5, 5.41) is 0. The lowest BCUT2D eigenvalue weighted by Crippen LogP contribution is -2.49. The van der Waals surface area contributed by atoms with Gasteiger partial charge < -0.3 is 14.5 Å². The summed E-state index contributed by atoms with van der Waals surface area (Å²) >= 11 is 2.18. The smallest absolute Gasteiger partial charge is 0.409 e. The maximum atomic E-state index is 11.5. The summed E-state index contributed by atoms with van der Waals surface area (Å²) in [6.45, 7) is 4.99. The van der Waals surface area contributed by atoms with Crippen molar-refractivity contribution in [1.82, 2.24) is 14.9 Å². The van der Waals surface area contributed by atoms with Crippen molar-refractivity contribution in [3.8, 4) is 0 Å². The number of nitrogens with zero attached hydrogens (tertiary/aromatic N) is 4. The first-order valence-corrected chi connectivity index (χ1v) is 6.92. The maximum Gasteiger partial charge on any atom is 0.409 e. The molecule has 0 atom stereocenters. The van der Waals surface area contributed by atoms with E-state index in [2.05, 4.69) is 37.5 Å². The summed E-state index contributed by atoms with van der Waals surface area (Å²) in [5.74, 6) is 0.721. The number of aromatic nitrogens is 2. The van der Waals surface area contributed by atoms with Crippen LogP contribution in [-0.2, 0) is 4.74 Å². The number of carbonyl (C=O) groups is 1. The fraction of sp³-hybridized carbons (Fsp3) is 0.545. The first-order chi connectivity index (χ1) is 8.70. The van der Waals surface area contributed by atoms with E-state index in [9.17, 15) is 4.79 Å². The second kappa shape index (κ2) is 6.17. The molecule has 0 saturated carbocycles. The topological polar surface area (TPSA) is 58.6 Å². The van der Waals surface area contributed by atoms with Gasteiger partial charge in [0.05, 0.1) is 6.61 Å². The number of ether oxygens (including phenoxy) is 1. The Morgan fingerprint density at radius 1 is 1.33 bits per heavy atom. The molecule has 2 rings (SSSR count). The first-order valence-electron chi connectivity index (χ1n) is 5.85. The van der Waals surface area contributed by atoms with E-state index in [4.69, 9.17) is 4.74 Å². The second-order valence-electron chi connectivity index (χ2n) is 3.87. The van der Waals surface area contributed by atoms with Gasteiger partial charge in [0.2, 0.25) is 5.95 Å². The molecule has 0 spiro atoms. The zero-order chi connectivity index (χ0) is 13.0. The molecule has 1 aliphatic rings. The molecule has 0 bridgehead atoms. The van der Waals surface area contributed by atoms with Gasteiger partial charge in [-0.2, -0.15) is 0 Å². The minimum atomic E-state index is -0.235. The molecule has 18 heavy (non-hydrogen) atoms. The normalized spacial score (nSPS) is 15.7. The summed E-state index contributed by atoms with van der Waals surface area (Å²) in [4.78, 5) is 23.9. The zero-order valence-electron chi connectivity index (χ0n) is 10.2. The number of hydrogen-bond donors (Lipinski definition) is 0. The highest BCUT2D eigenvalue weighted by Gasteiger charge is 2.23. The molecule has 7 heteroatoms. The summed E-state index contributed by atoms with van der Waals surface area (Å²) in [7, 11) is 0. The highest BCUT2D eigenvalue weighted by molar-refractivity contribution is 14.1. The fourth-order valence-corrected chi connectivity index (χ4v) is 2.05. The minimum Gasteiger partial charge on any atom is -0.450 e. The second-order valence-corrected chi connectivity index (χ2v) is 5.12. The Kier molecular flexibility index (Phi) is 4.56. The monoisotopic (exact) mass is 362 g/mol. The summed E-state index contributed by atoms with van der Waals surface area (Å²) < 4.78 is 5.99. The van der Waals surface area contributed by atoms with E-state index in [0.29, 0.717) is 19.7 Å². The number of carbonyl (C=O) groups excluding carboxylic acids is 1. The molecule has 0 radical (unpaired) electrons. The van der Waals surface area contributed by atoms with Crippen LogP contribution in [0.2, 0.25) is 0 Å². The van der Waals surface area contributed by atoms with Crippen molar-refractivity contribution in [1.29, 1.82) is 0 Å². The van der Waals surface area contributed by atoms with Gasteiger partial charge in [-0.25, -0.2) is 14.8 Å². The van der Waals surface area contributed by atoms with Crippen LogP contribution in [0.15, 0.2) is 12.4 Å². The van der Waals surface area contributed by atoms with Crippen LogP contribution in [0.3, 0.4) is 0 Å². The molecule has 6 nitrogen and oxygen atoms in total. The predicted molar refractivity (Wildman–Crippen MR) is 75.6 cm³/mol. The van der Waals surface area contributed by atoms with Crippen molar-refractivity contribution in [2.45, 2.75) is 6.92 Å². The van der Waals surface area contributed by atoms with Crippen LogP contribution in [-0.4, -0.2) is 53.7 Å². The molecule has 0 unspecified atom stereocenters. The molecule has 1 saturated heterocycles. The molecule has 2 heterocycles. The molecular weight excluding hydrogens is 347 g/mol. The Balaban J connectivity index is 1.90. The molecule has 1 aromatic heterocycles. The van der Waals surface area contributed by atoms with Crippen LogP contribution in [0, 0.1) is 3.57 Å². The van der Waals surface area contributed by atoms with Crippen LogP contribution < -0.4 is 4.90 Å². The van der Waals surface area contributed by atoms with Gasteiger partial charge in [0.25, 0.3) is 0 Å². The van der Waals surface area contributed by atoms with Crippen LogP contribution in [0.4, 0.5) is 10.7 Å². The lowest BCUT2D eigenvalue weighted by Gasteiger charge is -2.33. The highest BCUT2D eigenvalue weighted by Crippen LogP contribution is 2.12.